The Morgan fingerprint density at radius 1 is 1.09 bits per heavy atom. The second-order valence-corrected chi connectivity index (χ2v) is 8.69. The van der Waals surface area contributed by atoms with Crippen LogP contribution in [0.1, 0.15) is 19.3 Å². The van der Waals surface area contributed by atoms with Crippen LogP contribution in [0.15, 0.2) is 55.0 Å². The van der Waals surface area contributed by atoms with Crippen LogP contribution in [0.3, 0.4) is 0 Å². The molecule has 5 aromatic heterocycles. The van der Waals surface area contributed by atoms with Crippen molar-refractivity contribution in [3.05, 3.63) is 55.0 Å². The van der Waals surface area contributed by atoms with E-state index in [0.717, 1.165) is 70.6 Å². The van der Waals surface area contributed by atoms with E-state index in [1.54, 1.807) is 18.6 Å². The number of piperidine rings is 1. The number of hydrogen-bond acceptors (Lipinski definition) is 6. The van der Waals surface area contributed by atoms with Gasteiger partial charge in [0.05, 0.1) is 39.8 Å². The smallest absolute Gasteiger partial charge is 0.224 e. The Labute approximate surface area is 195 Å². The molecule has 1 aliphatic heterocycles. The van der Waals surface area contributed by atoms with Gasteiger partial charge in [0.2, 0.25) is 5.91 Å². The van der Waals surface area contributed by atoms with Crippen molar-refractivity contribution in [1.82, 2.24) is 35.5 Å². The highest BCUT2D eigenvalue weighted by Crippen LogP contribution is 2.29. The maximum Gasteiger partial charge on any atom is 0.224 e. The van der Waals surface area contributed by atoms with E-state index >= 15 is 0 Å². The molecule has 0 atom stereocenters. The van der Waals surface area contributed by atoms with E-state index in [9.17, 15) is 4.79 Å². The van der Waals surface area contributed by atoms with E-state index in [-0.39, 0.29) is 5.91 Å². The van der Waals surface area contributed by atoms with Crippen LogP contribution in [0, 0.1) is 5.92 Å². The van der Waals surface area contributed by atoms with Gasteiger partial charge in [0.15, 0.2) is 0 Å². The fourth-order valence-corrected chi connectivity index (χ4v) is 4.54. The first kappa shape index (κ1) is 20.5. The second-order valence-electron chi connectivity index (χ2n) is 8.69. The van der Waals surface area contributed by atoms with Gasteiger partial charge < -0.3 is 15.6 Å². The number of hydrogen-bond donors (Lipinski definition) is 4. The highest BCUT2D eigenvalue weighted by molar-refractivity contribution is 5.94. The van der Waals surface area contributed by atoms with Crippen molar-refractivity contribution in [1.29, 1.82) is 0 Å². The Kier molecular flexibility index (Phi) is 5.23. The van der Waals surface area contributed by atoms with Gasteiger partial charge in [-0.15, -0.1) is 0 Å². The normalized spacial score (nSPS) is 14.6. The van der Waals surface area contributed by atoms with E-state index < -0.39 is 0 Å². The summed E-state index contributed by atoms with van der Waals surface area (Å²) in [6, 6.07) is 11.6. The van der Waals surface area contributed by atoms with Crippen LogP contribution in [0.25, 0.3) is 44.7 Å². The fraction of sp³-hybridized carbons (Fsp3) is 0.240. The van der Waals surface area contributed by atoms with Gasteiger partial charge in [-0.3, -0.25) is 19.9 Å². The van der Waals surface area contributed by atoms with Gasteiger partial charge in [-0.05, 0) is 68.2 Å². The zero-order valence-corrected chi connectivity index (χ0v) is 18.5. The standard InChI is InChI=1S/C25H24N8O/c34-23(10-15-5-8-26-9-6-15)29-17-11-16(13-27-14-17)18-3-4-20-24(31-18)25(33-32-20)22-12-21-19(30-22)2-1-7-28-21/h1-4,7,11-15,26,30H,5-6,8-10H2,(H,29,34)(H,32,33). The summed E-state index contributed by atoms with van der Waals surface area (Å²) >= 11 is 0. The number of carbonyl (C=O) groups excluding carboxylic acids is 1. The Morgan fingerprint density at radius 3 is 2.88 bits per heavy atom. The van der Waals surface area contributed by atoms with Gasteiger partial charge in [0.25, 0.3) is 0 Å². The lowest BCUT2D eigenvalue weighted by Crippen LogP contribution is -2.30. The number of H-pyrrole nitrogens is 2. The third kappa shape index (κ3) is 4.01. The minimum absolute atomic E-state index is 0.0267. The van der Waals surface area contributed by atoms with Gasteiger partial charge in [-0.1, -0.05) is 0 Å². The number of nitrogens with one attached hydrogen (secondary N) is 4. The van der Waals surface area contributed by atoms with Crippen LogP contribution in [0.5, 0.6) is 0 Å². The summed E-state index contributed by atoms with van der Waals surface area (Å²) in [5, 5.41) is 13.9. The molecule has 4 N–H and O–H groups in total. The Morgan fingerprint density at radius 2 is 2.00 bits per heavy atom. The summed E-state index contributed by atoms with van der Waals surface area (Å²) < 4.78 is 0. The van der Waals surface area contributed by atoms with Crippen molar-refractivity contribution < 1.29 is 4.79 Å². The molecular formula is C25H24N8O. The number of rotatable bonds is 5. The number of nitrogens with zero attached hydrogens (tertiary/aromatic N) is 4. The molecule has 34 heavy (non-hydrogen) atoms. The van der Waals surface area contributed by atoms with Gasteiger partial charge in [-0.2, -0.15) is 5.10 Å². The quantitative estimate of drug-likeness (QED) is 0.321. The summed E-state index contributed by atoms with van der Waals surface area (Å²) in [6.07, 6.45) is 7.80. The average molecular weight is 453 g/mol. The molecule has 0 aliphatic carbocycles. The average Bonchev–Trinajstić information content (AvgIpc) is 3.48. The van der Waals surface area contributed by atoms with Crippen molar-refractivity contribution in [2.24, 2.45) is 5.92 Å². The van der Waals surface area contributed by atoms with Crippen LogP contribution < -0.4 is 10.6 Å². The van der Waals surface area contributed by atoms with Gasteiger partial charge in [-0.25, -0.2) is 4.98 Å². The van der Waals surface area contributed by atoms with Crippen molar-refractivity contribution in [2.75, 3.05) is 18.4 Å². The highest BCUT2D eigenvalue weighted by atomic mass is 16.1. The van der Waals surface area contributed by atoms with Crippen LogP contribution in [-0.4, -0.2) is 49.1 Å². The zero-order chi connectivity index (χ0) is 22.9. The number of carbonyl (C=O) groups is 1. The number of aromatic nitrogens is 6. The zero-order valence-electron chi connectivity index (χ0n) is 18.5. The molecule has 0 radical (unpaired) electrons. The van der Waals surface area contributed by atoms with Crippen LogP contribution in [0.4, 0.5) is 5.69 Å². The molecule has 9 nitrogen and oxygen atoms in total. The lowest BCUT2D eigenvalue weighted by molar-refractivity contribution is -0.117. The molecule has 0 unspecified atom stereocenters. The van der Waals surface area contributed by atoms with Crippen LogP contribution in [0.2, 0.25) is 0 Å². The maximum atomic E-state index is 12.5. The Balaban J connectivity index is 1.27. The van der Waals surface area contributed by atoms with E-state index in [4.69, 9.17) is 4.98 Å². The maximum absolute atomic E-state index is 12.5. The first-order valence-corrected chi connectivity index (χ1v) is 11.5. The SMILES string of the molecule is O=C(CC1CCNCC1)Nc1cncc(-c2ccc3[nH]nc(-c4cc5ncccc5[nH]4)c3n2)c1. The molecule has 0 aromatic carbocycles. The summed E-state index contributed by atoms with van der Waals surface area (Å²) in [6.45, 7) is 1.96. The molecular weight excluding hydrogens is 428 g/mol. The lowest BCUT2D eigenvalue weighted by Gasteiger charge is -2.21. The van der Waals surface area contributed by atoms with E-state index in [1.165, 1.54) is 0 Å². The molecule has 170 valence electrons. The molecule has 0 spiro atoms. The predicted octanol–water partition coefficient (Wildman–Crippen LogP) is 3.89. The first-order chi connectivity index (χ1) is 16.7. The number of amides is 1. The van der Waals surface area contributed by atoms with Gasteiger partial charge in [0, 0.05) is 24.4 Å². The van der Waals surface area contributed by atoms with Crippen molar-refractivity contribution >= 4 is 33.7 Å². The molecule has 1 amide bonds. The van der Waals surface area contributed by atoms with Crippen molar-refractivity contribution in [3.63, 3.8) is 0 Å². The van der Waals surface area contributed by atoms with Crippen molar-refractivity contribution in [3.8, 4) is 22.6 Å². The third-order valence-electron chi connectivity index (χ3n) is 6.30. The molecule has 5 aromatic rings. The van der Waals surface area contributed by atoms with E-state index in [2.05, 4.69) is 35.8 Å². The largest absolute Gasteiger partial charge is 0.352 e. The summed E-state index contributed by atoms with van der Waals surface area (Å²) in [5.74, 6) is 0.458. The highest BCUT2D eigenvalue weighted by Gasteiger charge is 2.18. The lowest BCUT2D eigenvalue weighted by atomic mass is 9.94. The number of anilines is 1. The van der Waals surface area contributed by atoms with Crippen LogP contribution >= 0.6 is 0 Å². The van der Waals surface area contributed by atoms with Crippen LogP contribution in [-0.2, 0) is 4.79 Å². The molecule has 6 heterocycles. The monoisotopic (exact) mass is 452 g/mol. The van der Waals surface area contributed by atoms with Crippen molar-refractivity contribution in [2.45, 2.75) is 19.3 Å². The number of pyridine rings is 3. The molecule has 9 heteroatoms. The van der Waals surface area contributed by atoms with Gasteiger partial charge >= 0.3 is 0 Å². The summed E-state index contributed by atoms with van der Waals surface area (Å²) in [5.41, 5.74) is 7.25. The number of aromatic amines is 2. The topological polar surface area (TPSA) is 124 Å². The minimum Gasteiger partial charge on any atom is -0.352 e. The summed E-state index contributed by atoms with van der Waals surface area (Å²) in [7, 11) is 0. The summed E-state index contributed by atoms with van der Waals surface area (Å²) in [4.78, 5) is 29.5. The molecule has 6 rings (SSSR count). The molecule has 0 saturated carbocycles. The Bertz CT molecular complexity index is 1450. The molecule has 1 saturated heterocycles. The minimum atomic E-state index is 0.0267. The third-order valence-corrected chi connectivity index (χ3v) is 6.30. The molecule has 0 bridgehead atoms. The molecule has 1 aliphatic rings. The van der Waals surface area contributed by atoms with E-state index in [1.807, 2.05) is 36.4 Å². The fourth-order valence-electron chi connectivity index (χ4n) is 4.54. The van der Waals surface area contributed by atoms with Gasteiger partial charge in [0.1, 0.15) is 11.2 Å². The first-order valence-electron chi connectivity index (χ1n) is 11.5. The van der Waals surface area contributed by atoms with E-state index in [0.29, 0.717) is 18.0 Å². The Hall–Kier alpha value is -4.11. The number of fused-ring (bicyclic) bond motifs is 2. The predicted molar refractivity (Wildman–Crippen MR) is 131 cm³/mol. The molecule has 1 fully saturated rings. The second kappa shape index (κ2) is 8.68.